The molecule has 2 unspecified atom stereocenters. The maximum Gasteiger partial charge on any atom is 0.352 e. The lowest BCUT2D eigenvalue weighted by Crippen LogP contribution is -2.71. The molecule has 8 N–H and O–H groups in total. The van der Waals surface area contributed by atoms with Crippen molar-refractivity contribution in [1.82, 2.24) is 20.1 Å². The van der Waals surface area contributed by atoms with Crippen LogP contribution in [0, 0.1) is 0 Å². The molecule has 3 aliphatic heterocycles. The molecule has 0 radical (unpaired) electrons. The second-order valence-electron chi connectivity index (χ2n) is 7.92. The quantitative estimate of drug-likeness (QED) is 0.150. The Morgan fingerprint density at radius 2 is 2.16 bits per heavy atom. The number of nitrogens with zero attached hydrogens (tertiary/aromatic N) is 5. The molecule has 3 atom stereocenters. The van der Waals surface area contributed by atoms with Gasteiger partial charge < -0.3 is 37.4 Å². The lowest BCUT2D eigenvalue weighted by atomic mass is 10.0. The number of anilines is 1. The number of aliphatic carboxylic acids is 1. The Balaban J connectivity index is 1.49. The number of rotatable bonds is 8. The van der Waals surface area contributed by atoms with Crippen LogP contribution in [0.15, 0.2) is 38.7 Å². The Kier molecular flexibility index (Phi) is 7.96. The molecular formula is C20H25N9O5S3. The topological polar surface area (TPSA) is 215 Å². The first-order valence-electron chi connectivity index (χ1n) is 10.9. The van der Waals surface area contributed by atoms with Crippen molar-refractivity contribution in [2.75, 3.05) is 30.9 Å². The number of nitrogen functional groups attached to an aromatic ring is 1. The molecule has 1 aromatic heterocycles. The smallest absolute Gasteiger partial charge is 0.352 e. The first kappa shape index (κ1) is 26.8. The average molecular weight is 568 g/mol. The van der Waals surface area contributed by atoms with Gasteiger partial charge in [-0.2, -0.15) is 0 Å². The average Bonchev–Trinajstić information content (AvgIpc) is 3.28. The van der Waals surface area contributed by atoms with Crippen molar-refractivity contribution in [3.8, 4) is 0 Å². The minimum atomic E-state index is -1.23. The number of fused-ring (bicyclic) bond motifs is 1. The van der Waals surface area contributed by atoms with Crippen LogP contribution in [0.3, 0.4) is 0 Å². The van der Waals surface area contributed by atoms with Crippen LogP contribution in [0.2, 0.25) is 0 Å². The highest BCUT2D eigenvalue weighted by molar-refractivity contribution is 8.14. The summed E-state index contributed by atoms with van der Waals surface area (Å²) in [5.41, 5.74) is 18.0. The second-order valence-corrected chi connectivity index (χ2v) is 10.9. The van der Waals surface area contributed by atoms with E-state index in [9.17, 15) is 19.5 Å². The number of carboxylic acids is 1. The summed E-state index contributed by atoms with van der Waals surface area (Å²) in [6.07, 6.45) is 1.16. The minimum absolute atomic E-state index is 0.103. The molecule has 0 spiro atoms. The summed E-state index contributed by atoms with van der Waals surface area (Å²) in [5, 5.41) is 18.1. The highest BCUT2D eigenvalue weighted by atomic mass is 32.2. The Morgan fingerprint density at radius 1 is 1.41 bits per heavy atom. The van der Waals surface area contributed by atoms with E-state index in [4.69, 9.17) is 22.0 Å². The van der Waals surface area contributed by atoms with Crippen molar-refractivity contribution >= 4 is 68.7 Å². The SMILES string of the molecule is CCO/N=C(\C(=O)NC1C(=O)N2C(C(=O)O)=C(CSC3=NC(N)=CC(N)N3C)CS[C@@H]12)c1csc(N)n1. The van der Waals surface area contributed by atoms with Gasteiger partial charge in [0.05, 0.1) is 0 Å². The number of aliphatic imine (C=N–C) groups is 1. The molecule has 0 bridgehead atoms. The van der Waals surface area contributed by atoms with Gasteiger partial charge in [0.2, 0.25) is 0 Å². The fraction of sp³-hybridized carbons (Fsp3) is 0.400. The van der Waals surface area contributed by atoms with Crippen LogP contribution in [0.25, 0.3) is 0 Å². The number of carboxylic acid groups (broad SMARTS) is 1. The maximum absolute atomic E-state index is 13.0. The molecule has 4 rings (SSSR count). The predicted octanol–water partition coefficient (Wildman–Crippen LogP) is -0.676. The molecule has 14 nitrogen and oxygen atoms in total. The van der Waals surface area contributed by atoms with E-state index in [1.807, 2.05) is 0 Å². The number of aromatic nitrogens is 1. The predicted molar refractivity (Wildman–Crippen MR) is 142 cm³/mol. The molecule has 198 valence electrons. The number of thioether (sulfide) groups is 2. The second kappa shape index (κ2) is 11.0. The van der Waals surface area contributed by atoms with Crippen LogP contribution in [0.4, 0.5) is 5.13 Å². The third-order valence-corrected chi connectivity index (χ3v) is 8.64. The fourth-order valence-electron chi connectivity index (χ4n) is 3.66. The Bertz CT molecular complexity index is 1240. The number of likely N-dealkylation sites (N-methyl/N-ethyl adjacent to an activating group) is 1. The van der Waals surface area contributed by atoms with Crippen molar-refractivity contribution in [3.63, 3.8) is 0 Å². The summed E-state index contributed by atoms with van der Waals surface area (Å²) in [5.74, 6) is -1.57. The van der Waals surface area contributed by atoms with Gasteiger partial charge in [-0.1, -0.05) is 16.9 Å². The van der Waals surface area contributed by atoms with Gasteiger partial charge >= 0.3 is 5.97 Å². The number of nitrogens with one attached hydrogen (secondary N) is 1. The number of nitrogens with two attached hydrogens (primary N) is 3. The number of amides is 2. The molecule has 1 fully saturated rings. The Morgan fingerprint density at radius 3 is 2.81 bits per heavy atom. The summed E-state index contributed by atoms with van der Waals surface area (Å²) in [6, 6.07) is -0.944. The van der Waals surface area contributed by atoms with Gasteiger partial charge in [-0.25, -0.2) is 14.8 Å². The number of hydrogen-bond donors (Lipinski definition) is 5. The van der Waals surface area contributed by atoms with Crippen LogP contribution < -0.4 is 22.5 Å². The third kappa shape index (κ3) is 5.39. The van der Waals surface area contributed by atoms with E-state index < -0.39 is 35.4 Å². The molecule has 4 heterocycles. The highest BCUT2D eigenvalue weighted by Crippen LogP contribution is 2.41. The first-order chi connectivity index (χ1) is 17.6. The molecule has 0 aromatic carbocycles. The Hall–Kier alpha value is -3.28. The number of amidine groups is 1. The largest absolute Gasteiger partial charge is 0.477 e. The van der Waals surface area contributed by atoms with Crippen LogP contribution in [0.1, 0.15) is 12.6 Å². The van der Waals surface area contributed by atoms with Crippen molar-refractivity contribution in [2.24, 2.45) is 21.6 Å². The van der Waals surface area contributed by atoms with Crippen molar-refractivity contribution in [2.45, 2.75) is 24.5 Å². The number of carbonyl (C=O) groups excluding carboxylic acids is 2. The van der Waals surface area contributed by atoms with Crippen LogP contribution in [-0.4, -0.2) is 91.3 Å². The zero-order valence-corrected chi connectivity index (χ0v) is 22.2. The van der Waals surface area contributed by atoms with E-state index >= 15 is 0 Å². The number of carbonyl (C=O) groups is 3. The van der Waals surface area contributed by atoms with Crippen molar-refractivity contribution in [1.29, 1.82) is 0 Å². The molecule has 37 heavy (non-hydrogen) atoms. The van der Waals surface area contributed by atoms with Gasteiger partial charge in [-0.3, -0.25) is 14.5 Å². The summed E-state index contributed by atoms with van der Waals surface area (Å²) in [4.78, 5) is 54.4. The number of β-lactam (4-membered cyclic amide) rings is 1. The van der Waals surface area contributed by atoms with E-state index in [1.165, 1.54) is 28.4 Å². The molecule has 1 saturated heterocycles. The summed E-state index contributed by atoms with van der Waals surface area (Å²) >= 11 is 3.76. The monoisotopic (exact) mass is 567 g/mol. The van der Waals surface area contributed by atoms with Crippen LogP contribution in [-0.2, 0) is 19.2 Å². The number of thiazole rings is 1. The van der Waals surface area contributed by atoms with Gasteiger partial charge in [-0.05, 0) is 18.6 Å². The van der Waals surface area contributed by atoms with Crippen molar-refractivity contribution in [3.05, 3.63) is 34.2 Å². The van der Waals surface area contributed by atoms with E-state index in [0.717, 1.165) is 11.3 Å². The third-order valence-electron chi connectivity index (χ3n) is 5.49. The van der Waals surface area contributed by atoms with E-state index in [0.29, 0.717) is 16.5 Å². The summed E-state index contributed by atoms with van der Waals surface area (Å²) < 4.78 is 0. The zero-order valence-electron chi connectivity index (χ0n) is 19.8. The maximum atomic E-state index is 13.0. The summed E-state index contributed by atoms with van der Waals surface area (Å²) in [7, 11) is 1.76. The summed E-state index contributed by atoms with van der Waals surface area (Å²) in [6.45, 7) is 1.92. The van der Waals surface area contributed by atoms with E-state index in [1.54, 1.807) is 30.3 Å². The Labute approximate surface area is 224 Å². The molecular weight excluding hydrogens is 542 g/mol. The fourth-order valence-corrected chi connectivity index (χ4v) is 6.72. The number of oxime groups is 1. The molecule has 2 amide bonds. The molecule has 0 saturated carbocycles. The van der Waals surface area contributed by atoms with Gasteiger partial charge in [0.25, 0.3) is 11.8 Å². The lowest BCUT2D eigenvalue weighted by Gasteiger charge is -2.49. The highest BCUT2D eigenvalue weighted by Gasteiger charge is 2.54. The van der Waals surface area contributed by atoms with Gasteiger partial charge in [0, 0.05) is 23.9 Å². The van der Waals surface area contributed by atoms with Gasteiger partial charge in [-0.15, -0.1) is 23.1 Å². The van der Waals surface area contributed by atoms with Crippen LogP contribution in [0.5, 0.6) is 0 Å². The molecule has 17 heteroatoms. The standard InChI is InChI=1S/C20H25N9O5S3/c1-3-34-27-12(9-7-36-19(23)24-9)15(30)26-13-16(31)29-14(18(32)33)8(5-35-17(13)29)6-37-20-25-10(21)4-11(22)28(20)2/h4,7,11,13,17H,3,5-6,21-22H2,1-2H3,(H2,23,24)(H,26,30)(H,32,33)/b27-12-/t11?,13?,17-/m0/s1. The zero-order chi connectivity index (χ0) is 26.9. The lowest BCUT2D eigenvalue weighted by molar-refractivity contribution is -0.150. The molecule has 3 aliphatic rings. The number of hydrogen-bond acceptors (Lipinski definition) is 14. The van der Waals surface area contributed by atoms with Crippen molar-refractivity contribution < 1.29 is 24.3 Å². The van der Waals surface area contributed by atoms with E-state index in [2.05, 4.69) is 20.4 Å². The minimum Gasteiger partial charge on any atom is -0.477 e. The molecule has 0 aliphatic carbocycles. The molecule has 1 aromatic rings. The normalized spacial score (nSPS) is 23.7. The van der Waals surface area contributed by atoms with Crippen LogP contribution >= 0.6 is 34.9 Å². The van der Waals surface area contributed by atoms with Gasteiger partial charge in [0.15, 0.2) is 16.0 Å². The first-order valence-corrected chi connectivity index (χ1v) is 13.8. The van der Waals surface area contributed by atoms with E-state index in [-0.39, 0.29) is 40.4 Å². The van der Waals surface area contributed by atoms with Gasteiger partial charge in [0.1, 0.15) is 41.4 Å².